The Hall–Kier alpha value is -0.610. The molecule has 0 aromatic carbocycles. The van der Waals surface area contributed by atoms with Crippen LogP contribution >= 0.6 is 0 Å². The first-order chi connectivity index (χ1) is 3.55. The number of carboxylic acid groups (broad SMARTS) is 1. The molecule has 0 rings (SSSR count). The van der Waals surface area contributed by atoms with Gasteiger partial charge in [0.2, 0.25) is 0 Å². The van der Waals surface area contributed by atoms with Gasteiger partial charge in [0, 0.05) is 0 Å². The van der Waals surface area contributed by atoms with Crippen molar-refractivity contribution in [3.8, 4) is 0 Å². The number of aliphatic hydroxyl groups excluding tert-OH is 2. The molecule has 0 aliphatic rings. The molecule has 0 spiro atoms. The van der Waals surface area contributed by atoms with Crippen molar-refractivity contribution in [2.24, 2.45) is 0 Å². The van der Waals surface area contributed by atoms with Crippen molar-refractivity contribution in [1.29, 1.82) is 0 Å². The van der Waals surface area contributed by atoms with Gasteiger partial charge in [0.1, 0.15) is 6.10 Å². The van der Waals surface area contributed by atoms with Crippen molar-refractivity contribution < 1.29 is 20.1 Å². The van der Waals surface area contributed by atoms with Crippen molar-refractivity contribution >= 4 is 5.97 Å². The molecule has 4 heteroatoms. The van der Waals surface area contributed by atoms with E-state index < -0.39 is 18.2 Å². The fourth-order valence-electron chi connectivity index (χ4n) is 0.165. The third-order valence-electron chi connectivity index (χ3n) is 0.617. The molecule has 4 nitrogen and oxygen atoms in total. The zero-order valence-electron chi connectivity index (χ0n) is 4.11. The highest BCUT2D eigenvalue weighted by molar-refractivity contribution is 5.72. The monoisotopic (exact) mass is 119 g/mol. The molecule has 0 heterocycles. The number of hydrogen-bond donors (Lipinski definition) is 3. The molecule has 0 aliphatic carbocycles. The number of aliphatic hydroxyl groups is 2. The topological polar surface area (TPSA) is 77.8 Å². The van der Waals surface area contributed by atoms with Crippen LogP contribution in [-0.4, -0.2) is 33.5 Å². The summed E-state index contributed by atoms with van der Waals surface area (Å²) in [6.07, 6.45) is -3.22. The van der Waals surface area contributed by atoms with E-state index in [0.29, 0.717) is 0 Å². The van der Waals surface area contributed by atoms with Gasteiger partial charge in [-0.25, -0.2) is 4.79 Å². The number of aliphatic carboxylic acids is 1. The van der Waals surface area contributed by atoms with Gasteiger partial charge in [-0.3, -0.25) is 0 Å². The van der Waals surface area contributed by atoms with Crippen LogP contribution in [0.5, 0.6) is 0 Å². The number of carboxylic acids is 1. The van der Waals surface area contributed by atoms with Crippen LogP contribution in [0.15, 0.2) is 0 Å². The average molecular weight is 119 g/mol. The lowest BCUT2D eigenvalue weighted by Gasteiger charge is -2.12. The van der Waals surface area contributed by atoms with Crippen molar-refractivity contribution in [2.45, 2.75) is 12.2 Å². The van der Waals surface area contributed by atoms with Gasteiger partial charge < -0.3 is 22.2 Å². The minimum atomic E-state index is -1.77. The summed E-state index contributed by atoms with van der Waals surface area (Å²) in [5.74, 6) is -1.47. The Bertz CT molecular complexity index is 88.0. The Morgan fingerprint density at radius 3 is 1.88 bits per heavy atom. The summed E-state index contributed by atoms with van der Waals surface area (Å²) in [5.41, 5.74) is 0. The molecule has 2 atom stereocenters. The smallest absolute Gasteiger partial charge is 0.332 e. The summed E-state index contributed by atoms with van der Waals surface area (Å²) < 4.78 is 0. The van der Waals surface area contributed by atoms with Gasteiger partial charge in [-0.15, -0.1) is 0 Å². The molecule has 0 bridgehead atoms. The molecule has 0 fully saturated rings. The fraction of sp³-hybridized carbons (Fsp3) is 0.500. The molecule has 0 aliphatic heterocycles. The van der Waals surface area contributed by atoms with Crippen molar-refractivity contribution in [3.05, 3.63) is 6.92 Å². The highest BCUT2D eigenvalue weighted by Crippen LogP contribution is 1.88. The molecule has 0 saturated carbocycles. The summed E-state index contributed by atoms with van der Waals surface area (Å²) in [4.78, 5) is 9.69. The molecule has 0 amide bonds. The van der Waals surface area contributed by atoms with Gasteiger partial charge >= 0.3 is 5.97 Å². The third-order valence-corrected chi connectivity index (χ3v) is 0.617. The summed E-state index contributed by atoms with van der Waals surface area (Å²) in [6, 6.07) is 0. The van der Waals surface area contributed by atoms with Gasteiger partial charge in [0.15, 0.2) is 0 Å². The van der Waals surface area contributed by atoms with Crippen LogP contribution < -0.4 is 0 Å². The van der Waals surface area contributed by atoms with E-state index in [-0.39, 0.29) is 0 Å². The largest absolute Gasteiger partial charge is 0.479 e. The van der Waals surface area contributed by atoms with E-state index in [1.54, 1.807) is 0 Å². The first kappa shape index (κ1) is 7.39. The van der Waals surface area contributed by atoms with E-state index in [1.807, 2.05) is 0 Å². The minimum absolute atomic E-state index is 1.45. The zero-order chi connectivity index (χ0) is 6.73. The highest BCUT2D eigenvalue weighted by atomic mass is 16.4. The van der Waals surface area contributed by atoms with Crippen LogP contribution in [0, 0.1) is 6.92 Å². The summed E-state index contributed by atoms with van der Waals surface area (Å²) in [5, 5.41) is 24.4. The van der Waals surface area contributed by atoms with Crippen molar-refractivity contribution in [2.75, 3.05) is 0 Å². The Labute approximate surface area is 46.4 Å². The van der Waals surface area contributed by atoms with E-state index >= 15 is 0 Å². The zero-order valence-corrected chi connectivity index (χ0v) is 4.11. The van der Waals surface area contributed by atoms with Crippen molar-refractivity contribution in [1.82, 2.24) is 0 Å². The van der Waals surface area contributed by atoms with E-state index in [1.165, 1.54) is 0 Å². The average Bonchev–Trinajstić information content (AvgIpc) is 1.64. The SMILES string of the molecule is [CH2-]C(O)C(O)C(=O)O. The van der Waals surface area contributed by atoms with E-state index in [9.17, 15) is 4.79 Å². The standard InChI is InChI=1S/C4H7O4/c1-2(5)3(6)4(7)8/h2-3,5-6H,1H2,(H,7,8)/q-1. The van der Waals surface area contributed by atoms with Crippen LogP contribution in [0.4, 0.5) is 0 Å². The third kappa shape index (κ3) is 1.90. The van der Waals surface area contributed by atoms with E-state index in [0.717, 1.165) is 0 Å². The van der Waals surface area contributed by atoms with Gasteiger partial charge in [0.05, 0.1) is 0 Å². The van der Waals surface area contributed by atoms with Gasteiger partial charge in [-0.2, -0.15) is 0 Å². The van der Waals surface area contributed by atoms with Crippen molar-refractivity contribution in [3.63, 3.8) is 0 Å². The fourth-order valence-corrected chi connectivity index (χ4v) is 0.165. The van der Waals surface area contributed by atoms with Gasteiger partial charge in [0.25, 0.3) is 0 Å². The maximum Gasteiger partial charge on any atom is 0.332 e. The van der Waals surface area contributed by atoms with Crippen LogP contribution in [0.2, 0.25) is 0 Å². The molecule has 3 N–H and O–H groups in total. The maximum absolute atomic E-state index is 9.69. The highest BCUT2D eigenvalue weighted by Gasteiger charge is 2.13. The first-order valence-electron chi connectivity index (χ1n) is 1.97. The summed E-state index contributed by atoms with van der Waals surface area (Å²) in [6.45, 7) is 2.88. The van der Waals surface area contributed by atoms with Gasteiger partial charge in [-0.05, 0) is 6.10 Å². The lowest BCUT2D eigenvalue weighted by Crippen LogP contribution is -2.31. The lowest BCUT2D eigenvalue weighted by molar-refractivity contribution is -0.151. The number of hydrogen-bond acceptors (Lipinski definition) is 3. The Morgan fingerprint density at radius 2 is 1.88 bits per heavy atom. The van der Waals surface area contributed by atoms with E-state index in [2.05, 4.69) is 6.92 Å². The quantitative estimate of drug-likeness (QED) is 0.392. The second-order valence-electron chi connectivity index (χ2n) is 1.35. The molecule has 48 valence electrons. The Balaban J connectivity index is 3.64. The van der Waals surface area contributed by atoms with Crippen LogP contribution in [0.25, 0.3) is 0 Å². The molecule has 0 aromatic heterocycles. The van der Waals surface area contributed by atoms with Crippen LogP contribution in [0.3, 0.4) is 0 Å². The molecule has 2 unspecified atom stereocenters. The van der Waals surface area contributed by atoms with Crippen LogP contribution in [-0.2, 0) is 4.79 Å². The van der Waals surface area contributed by atoms with Crippen LogP contribution in [0.1, 0.15) is 0 Å². The van der Waals surface area contributed by atoms with Gasteiger partial charge in [-0.1, -0.05) is 0 Å². The number of rotatable bonds is 2. The predicted molar refractivity (Wildman–Crippen MR) is 25.0 cm³/mol. The molecule has 0 radical (unpaired) electrons. The second kappa shape index (κ2) is 2.64. The molecule has 0 aromatic rings. The summed E-state index contributed by atoms with van der Waals surface area (Å²) >= 11 is 0. The maximum atomic E-state index is 9.69. The Kier molecular flexibility index (Phi) is 2.44. The second-order valence-corrected chi connectivity index (χ2v) is 1.35. The first-order valence-corrected chi connectivity index (χ1v) is 1.97. The molecular weight excluding hydrogens is 112 g/mol. The Morgan fingerprint density at radius 1 is 1.50 bits per heavy atom. The lowest BCUT2D eigenvalue weighted by atomic mass is 10.2. The number of carbonyl (C=O) groups is 1. The van der Waals surface area contributed by atoms with E-state index in [4.69, 9.17) is 15.3 Å². The summed E-state index contributed by atoms with van der Waals surface area (Å²) in [7, 11) is 0. The molecule has 0 saturated heterocycles. The normalized spacial score (nSPS) is 17.4. The molecular formula is C4H7O4-. The molecule has 8 heavy (non-hydrogen) atoms. The minimum Gasteiger partial charge on any atom is -0.479 e. The predicted octanol–water partition coefficient (Wildman–Crippen LogP) is -1.37.